The lowest BCUT2D eigenvalue weighted by Crippen LogP contribution is -2.45. The molecular weight excluding hydrogens is 362 g/mol. The molecule has 0 aromatic carbocycles. The number of fused-ring (bicyclic) bond motifs is 2. The van der Waals surface area contributed by atoms with Crippen LogP contribution in [-0.2, 0) is 23.8 Å². The molecule has 2 aromatic rings. The van der Waals surface area contributed by atoms with Crippen molar-refractivity contribution in [1.82, 2.24) is 25.1 Å². The van der Waals surface area contributed by atoms with E-state index in [1.165, 1.54) is 0 Å². The molecule has 1 aliphatic heterocycles. The number of hydrogen-bond acceptors (Lipinski definition) is 4. The Morgan fingerprint density at radius 1 is 1.30 bits per heavy atom. The molecule has 3 heterocycles. The summed E-state index contributed by atoms with van der Waals surface area (Å²) in [6.07, 6.45) is 4.00. The lowest BCUT2D eigenvalue weighted by atomic mass is 9.77. The third-order valence-corrected chi connectivity index (χ3v) is 6.55. The molecule has 1 saturated heterocycles. The predicted octanol–water partition coefficient (Wildman–Crippen LogP) is 3.23. The Balaban J connectivity index is 1.66. The minimum Gasteiger partial charge on any atom is -0.310 e. The summed E-state index contributed by atoms with van der Waals surface area (Å²) >= 11 is 6.37. The standard InChI is InChI=1S/C20H28ClN5O/c1-12-15(21)14(25-24-12)10-26-9-5-7-20(11-26)8-6-13-16(20)22-18(19(2,3)4)23-17(13)27/h5-11H2,1-4H3,(H,24,25)(H,22,23,27). The Labute approximate surface area is 164 Å². The van der Waals surface area contributed by atoms with Crippen LogP contribution in [0.15, 0.2) is 4.79 Å². The number of rotatable bonds is 2. The van der Waals surface area contributed by atoms with Gasteiger partial charge in [0.1, 0.15) is 5.82 Å². The van der Waals surface area contributed by atoms with Gasteiger partial charge in [0.05, 0.1) is 22.1 Å². The number of halogens is 1. The highest BCUT2D eigenvalue weighted by Crippen LogP contribution is 2.43. The highest BCUT2D eigenvalue weighted by atomic mass is 35.5. The molecule has 1 spiro atoms. The van der Waals surface area contributed by atoms with Gasteiger partial charge in [-0.05, 0) is 39.2 Å². The smallest absolute Gasteiger partial charge is 0.254 e. The molecule has 1 fully saturated rings. The molecule has 7 heteroatoms. The van der Waals surface area contributed by atoms with Crippen molar-refractivity contribution in [2.45, 2.75) is 70.8 Å². The number of nitrogens with zero attached hydrogens (tertiary/aromatic N) is 3. The lowest BCUT2D eigenvalue weighted by molar-refractivity contribution is 0.135. The molecule has 27 heavy (non-hydrogen) atoms. The second kappa shape index (κ2) is 6.45. The third kappa shape index (κ3) is 3.23. The molecule has 4 rings (SSSR count). The van der Waals surface area contributed by atoms with E-state index in [9.17, 15) is 4.79 Å². The van der Waals surface area contributed by atoms with Crippen molar-refractivity contribution < 1.29 is 0 Å². The number of nitrogens with one attached hydrogen (secondary N) is 2. The maximum atomic E-state index is 12.7. The molecule has 0 amide bonds. The number of H-pyrrole nitrogens is 2. The average Bonchev–Trinajstić information content (AvgIpc) is 3.10. The number of likely N-dealkylation sites (tertiary alicyclic amines) is 1. The maximum absolute atomic E-state index is 12.7. The summed E-state index contributed by atoms with van der Waals surface area (Å²) in [5, 5.41) is 8.06. The Kier molecular flexibility index (Phi) is 4.47. The van der Waals surface area contributed by atoms with Crippen LogP contribution < -0.4 is 5.56 Å². The van der Waals surface area contributed by atoms with Gasteiger partial charge in [-0.3, -0.25) is 14.8 Å². The van der Waals surface area contributed by atoms with E-state index in [4.69, 9.17) is 16.6 Å². The zero-order chi connectivity index (χ0) is 19.4. The van der Waals surface area contributed by atoms with E-state index in [-0.39, 0.29) is 16.4 Å². The Hall–Kier alpha value is -1.66. The van der Waals surface area contributed by atoms with Crippen LogP contribution in [-0.4, -0.2) is 38.2 Å². The van der Waals surface area contributed by atoms with Gasteiger partial charge in [-0.25, -0.2) is 4.98 Å². The highest BCUT2D eigenvalue weighted by molar-refractivity contribution is 6.31. The largest absolute Gasteiger partial charge is 0.310 e. The van der Waals surface area contributed by atoms with Gasteiger partial charge in [-0.15, -0.1) is 0 Å². The van der Waals surface area contributed by atoms with Gasteiger partial charge in [0.2, 0.25) is 0 Å². The zero-order valence-corrected chi connectivity index (χ0v) is 17.3. The first kappa shape index (κ1) is 18.7. The van der Waals surface area contributed by atoms with E-state index in [1.54, 1.807) is 0 Å². The molecule has 0 bridgehead atoms. The Morgan fingerprint density at radius 2 is 2.07 bits per heavy atom. The zero-order valence-electron chi connectivity index (χ0n) is 16.6. The van der Waals surface area contributed by atoms with Gasteiger partial charge in [0, 0.05) is 29.5 Å². The van der Waals surface area contributed by atoms with Gasteiger partial charge < -0.3 is 4.98 Å². The molecule has 0 radical (unpaired) electrons. The summed E-state index contributed by atoms with van der Waals surface area (Å²) < 4.78 is 0. The highest BCUT2D eigenvalue weighted by Gasteiger charge is 2.45. The van der Waals surface area contributed by atoms with Crippen LogP contribution >= 0.6 is 11.6 Å². The molecule has 6 nitrogen and oxygen atoms in total. The number of aromatic nitrogens is 4. The minimum atomic E-state index is -0.174. The number of piperidine rings is 1. The van der Waals surface area contributed by atoms with Crippen LogP contribution in [0.4, 0.5) is 0 Å². The fraction of sp³-hybridized carbons (Fsp3) is 0.650. The quantitative estimate of drug-likeness (QED) is 0.826. The van der Waals surface area contributed by atoms with Crippen LogP contribution in [0.2, 0.25) is 5.02 Å². The third-order valence-electron chi connectivity index (χ3n) is 6.05. The second-order valence-electron chi connectivity index (χ2n) is 9.20. The first-order valence-electron chi connectivity index (χ1n) is 9.75. The number of aryl methyl sites for hydroxylation is 1. The lowest BCUT2D eigenvalue weighted by Gasteiger charge is -2.40. The van der Waals surface area contributed by atoms with E-state index in [0.717, 1.165) is 78.8 Å². The van der Waals surface area contributed by atoms with Crippen LogP contribution in [0, 0.1) is 6.92 Å². The summed E-state index contributed by atoms with van der Waals surface area (Å²) in [5.74, 6) is 0.788. The predicted molar refractivity (Wildman–Crippen MR) is 106 cm³/mol. The molecule has 1 atom stereocenters. The second-order valence-corrected chi connectivity index (χ2v) is 9.57. The van der Waals surface area contributed by atoms with Crippen molar-refractivity contribution in [1.29, 1.82) is 0 Å². The molecular formula is C20H28ClN5O. The molecule has 2 aromatic heterocycles. The summed E-state index contributed by atoms with van der Waals surface area (Å²) in [6.45, 7) is 10.9. The summed E-state index contributed by atoms with van der Waals surface area (Å²) in [7, 11) is 0. The summed E-state index contributed by atoms with van der Waals surface area (Å²) in [6, 6.07) is 0. The van der Waals surface area contributed by atoms with Crippen molar-refractivity contribution >= 4 is 11.6 Å². The van der Waals surface area contributed by atoms with Crippen LogP contribution in [0.1, 0.15) is 68.5 Å². The van der Waals surface area contributed by atoms with Crippen LogP contribution in [0.3, 0.4) is 0 Å². The Bertz CT molecular complexity index is 925. The molecule has 1 aliphatic carbocycles. The van der Waals surface area contributed by atoms with Crippen molar-refractivity contribution in [3.63, 3.8) is 0 Å². The maximum Gasteiger partial charge on any atom is 0.254 e. The molecule has 146 valence electrons. The van der Waals surface area contributed by atoms with Gasteiger partial charge in [-0.2, -0.15) is 5.10 Å². The van der Waals surface area contributed by atoms with Crippen LogP contribution in [0.25, 0.3) is 0 Å². The van der Waals surface area contributed by atoms with Gasteiger partial charge >= 0.3 is 0 Å². The fourth-order valence-electron chi connectivity index (χ4n) is 4.55. The average molecular weight is 390 g/mol. The van der Waals surface area contributed by atoms with E-state index in [0.29, 0.717) is 0 Å². The van der Waals surface area contributed by atoms with E-state index < -0.39 is 0 Å². The number of aromatic amines is 2. The Morgan fingerprint density at radius 3 is 2.74 bits per heavy atom. The molecule has 2 N–H and O–H groups in total. The monoisotopic (exact) mass is 389 g/mol. The molecule has 1 unspecified atom stereocenters. The van der Waals surface area contributed by atoms with Crippen molar-refractivity contribution in [3.05, 3.63) is 43.8 Å². The van der Waals surface area contributed by atoms with E-state index >= 15 is 0 Å². The first-order valence-corrected chi connectivity index (χ1v) is 10.1. The van der Waals surface area contributed by atoms with Crippen LogP contribution in [0.5, 0.6) is 0 Å². The van der Waals surface area contributed by atoms with E-state index in [2.05, 4.69) is 40.9 Å². The SMILES string of the molecule is Cc1[nH]nc(CN2CCCC3(CCc4c3nc(C(C)(C)C)[nH]c4=O)C2)c1Cl. The normalized spacial score (nSPS) is 23.1. The minimum absolute atomic E-state index is 0.0281. The van der Waals surface area contributed by atoms with Gasteiger partial charge in [0.15, 0.2) is 0 Å². The van der Waals surface area contributed by atoms with Gasteiger partial charge in [0.25, 0.3) is 5.56 Å². The summed E-state index contributed by atoms with van der Waals surface area (Å²) in [4.78, 5) is 23.1. The van der Waals surface area contributed by atoms with Crippen molar-refractivity contribution in [3.8, 4) is 0 Å². The summed E-state index contributed by atoms with van der Waals surface area (Å²) in [5.41, 5.74) is 3.58. The van der Waals surface area contributed by atoms with Gasteiger partial charge in [-0.1, -0.05) is 32.4 Å². The fourth-order valence-corrected chi connectivity index (χ4v) is 4.69. The molecule has 2 aliphatic rings. The molecule has 0 saturated carbocycles. The number of hydrogen-bond donors (Lipinski definition) is 2. The van der Waals surface area contributed by atoms with Crippen molar-refractivity contribution in [2.75, 3.05) is 13.1 Å². The van der Waals surface area contributed by atoms with Crippen molar-refractivity contribution in [2.24, 2.45) is 0 Å². The topological polar surface area (TPSA) is 77.7 Å². The first-order chi connectivity index (χ1) is 12.7. The van der Waals surface area contributed by atoms with E-state index in [1.807, 2.05) is 6.92 Å².